The highest BCUT2D eigenvalue weighted by molar-refractivity contribution is 7.47. The minimum absolute atomic E-state index is 0.0271. The van der Waals surface area contributed by atoms with E-state index in [1.54, 1.807) is 4.57 Å². The smallest absolute Gasteiger partial charge is 0.280 e. The lowest BCUT2D eigenvalue weighted by Gasteiger charge is -2.21. The Balaban J connectivity index is 1.29. The maximum absolute atomic E-state index is 12.0. The summed E-state index contributed by atoms with van der Waals surface area (Å²) in [5.74, 6) is 0.0271. The highest BCUT2D eigenvalue weighted by atomic mass is 31.2. The SMILES string of the molecule is Nc1nc2c(ncn2CCOCP(OCc2ccccc2)OCC(CO)OCc2ccccc2)c(=O)[nH]1. The minimum Gasteiger partial charge on any atom is -0.394 e. The lowest BCUT2D eigenvalue weighted by atomic mass is 10.2. The van der Waals surface area contributed by atoms with Gasteiger partial charge in [-0.1, -0.05) is 60.7 Å². The lowest BCUT2D eigenvalue weighted by molar-refractivity contribution is -0.0244. The minimum atomic E-state index is -1.43. The third-order valence-electron chi connectivity index (χ3n) is 5.32. The van der Waals surface area contributed by atoms with Crippen molar-refractivity contribution >= 4 is 25.5 Å². The van der Waals surface area contributed by atoms with Gasteiger partial charge < -0.3 is 33.9 Å². The van der Waals surface area contributed by atoms with E-state index < -0.39 is 14.5 Å². The van der Waals surface area contributed by atoms with Gasteiger partial charge in [0.2, 0.25) is 5.95 Å². The summed E-state index contributed by atoms with van der Waals surface area (Å²) in [4.78, 5) is 22.6. The zero-order chi connectivity index (χ0) is 25.9. The van der Waals surface area contributed by atoms with E-state index in [0.29, 0.717) is 32.0 Å². The fourth-order valence-electron chi connectivity index (χ4n) is 3.38. The first-order valence-corrected chi connectivity index (χ1v) is 13.1. The Morgan fingerprint density at radius 3 is 2.43 bits per heavy atom. The summed E-state index contributed by atoms with van der Waals surface area (Å²) in [5.41, 5.74) is 7.90. The molecule has 0 saturated carbocycles. The molecular weight excluding hydrogens is 497 g/mol. The molecule has 37 heavy (non-hydrogen) atoms. The molecule has 196 valence electrons. The van der Waals surface area contributed by atoms with Crippen molar-refractivity contribution < 1.29 is 23.6 Å². The topological polar surface area (TPSA) is 147 Å². The molecule has 0 aliphatic carbocycles. The second-order valence-corrected chi connectivity index (χ2v) is 9.53. The van der Waals surface area contributed by atoms with Gasteiger partial charge in [0.15, 0.2) is 19.5 Å². The molecule has 0 radical (unpaired) electrons. The van der Waals surface area contributed by atoms with Crippen molar-refractivity contribution in [3.05, 3.63) is 88.5 Å². The summed E-state index contributed by atoms with van der Waals surface area (Å²) in [6, 6.07) is 19.5. The van der Waals surface area contributed by atoms with E-state index >= 15 is 0 Å². The average molecular weight is 528 g/mol. The normalized spacial score (nSPS) is 13.1. The van der Waals surface area contributed by atoms with Crippen LogP contribution < -0.4 is 11.3 Å². The Bertz CT molecular complexity index is 1290. The van der Waals surface area contributed by atoms with Crippen LogP contribution in [0.4, 0.5) is 5.95 Å². The van der Waals surface area contributed by atoms with Crippen molar-refractivity contribution in [2.75, 3.05) is 31.9 Å². The van der Waals surface area contributed by atoms with Crippen LogP contribution in [0, 0.1) is 0 Å². The number of aliphatic hydroxyl groups is 1. The van der Waals surface area contributed by atoms with Gasteiger partial charge >= 0.3 is 0 Å². The number of anilines is 1. The quantitative estimate of drug-likeness (QED) is 0.157. The number of aromatic amines is 1. The van der Waals surface area contributed by atoms with Crippen LogP contribution in [0.25, 0.3) is 11.2 Å². The number of nitrogens with two attached hydrogens (primary N) is 1. The molecule has 4 aromatic rings. The predicted molar refractivity (Wildman–Crippen MR) is 140 cm³/mol. The van der Waals surface area contributed by atoms with Crippen molar-refractivity contribution in [3.63, 3.8) is 0 Å². The van der Waals surface area contributed by atoms with Gasteiger partial charge in [0.05, 0.1) is 39.4 Å². The monoisotopic (exact) mass is 527 g/mol. The number of imidazole rings is 1. The fraction of sp³-hybridized carbons (Fsp3) is 0.320. The standard InChI is InChI=1S/C25H30N5O6P/c26-25-28-23-22(24(32)29-25)27-17-30(23)11-12-33-18-37(35-15-20-9-5-2-6-10-20)36-16-21(13-31)34-14-19-7-3-1-4-8-19/h1-10,17,21,31H,11-16,18H2,(H3,26,28,29,32). The molecule has 0 amide bonds. The van der Waals surface area contributed by atoms with Crippen LogP contribution in [0.5, 0.6) is 0 Å². The third kappa shape index (κ3) is 8.16. The first kappa shape index (κ1) is 26.9. The Kier molecular flexibility index (Phi) is 10.1. The highest BCUT2D eigenvalue weighted by Crippen LogP contribution is 2.39. The van der Waals surface area contributed by atoms with E-state index in [2.05, 4.69) is 15.0 Å². The molecule has 12 heteroatoms. The molecule has 2 aromatic heterocycles. The number of hydrogen-bond acceptors (Lipinski definition) is 9. The number of nitrogens with zero attached hydrogens (tertiary/aromatic N) is 3. The van der Waals surface area contributed by atoms with E-state index in [1.165, 1.54) is 6.33 Å². The molecule has 0 saturated heterocycles. The van der Waals surface area contributed by atoms with Crippen LogP contribution in [-0.4, -0.2) is 56.9 Å². The van der Waals surface area contributed by atoms with Gasteiger partial charge in [-0.25, -0.2) is 4.98 Å². The van der Waals surface area contributed by atoms with Crippen molar-refractivity contribution in [1.29, 1.82) is 0 Å². The first-order valence-electron chi connectivity index (χ1n) is 11.7. The molecule has 2 heterocycles. The molecule has 0 aliphatic heterocycles. The van der Waals surface area contributed by atoms with Crippen molar-refractivity contribution in [2.45, 2.75) is 25.9 Å². The number of benzene rings is 2. The molecular formula is C25H30N5O6P. The van der Waals surface area contributed by atoms with Gasteiger partial charge in [-0.05, 0) is 11.1 Å². The molecule has 0 bridgehead atoms. The Hall–Kier alpha value is -3.18. The molecule has 0 aliphatic rings. The van der Waals surface area contributed by atoms with Crippen LogP contribution in [0.3, 0.4) is 0 Å². The van der Waals surface area contributed by atoms with Gasteiger partial charge in [0.1, 0.15) is 12.5 Å². The first-order chi connectivity index (χ1) is 18.1. The molecule has 4 N–H and O–H groups in total. The van der Waals surface area contributed by atoms with Crippen molar-refractivity contribution in [2.24, 2.45) is 0 Å². The van der Waals surface area contributed by atoms with Crippen LogP contribution in [0.1, 0.15) is 11.1 Å². The Morgan fingerprint density at radius 2 is 1.73 bits per heavy atom. The van der Waals surface area contributed by atoms with Crippen LogP contribution in [0.15, 0.2) is 71.8 Å². The number of aromatic nitrogens is 4. The third-order valence-corrected chi connectivity index (χ3v) is 6.57. The van der Waals surface area contributed by atoms with Crippen LogP contribution >= 0.6 is 8.38 Å². The number of nitrogens with one attached hydrogen (secondary N) is 1. The summed E-state index contributed by atoms with van der Waals surface area (Å²) < 4.78 is 25.4. The van der Waals surface area contributed by atoms with E-state index in [-0.39, 0.29) is 36.6 Å². The van der Waals surface area contributed by atoms with E-state index in [1.807, 2.05) is 60.7 Å². The molecule has 2 aromatic carbocycles. The van der Waals surface area contributed by atoms with Gasteiger partial charge in [-0.2, -0.15) is 4.98 Å². The number of rotatable bonds is 15. The molecule has 4 rings (SSSR count). The van der Waals surface area contributed by atoms with Crippen LogP contribution in [0.2, 0.25) is 0 Å². The summed E-state index contributed by atoms with van der Waals surface area (Å²) in [5, 5.41) is 9.75. The Labute approximate surface area is 215 Å². The maximum Gasteiger partial charge on any atom is 0.280 e. The number of H-pyrrole nitrogens is 1. The molecule has 0 fully saturated rings. The number of fused-ring (bicyclic) bond motifs is 1. The zero-order valence-corrected chi connectivity index (χ0v) is 21.1. The zero-order valence-electron chi connectivity index (χ0n) is 20.2. The van der Waals surface area contributed by atoms with Crippen molar-refractivity contribution in [3.8, 4) is 0 Å². The maximum atomic E-state index is 12.0. The lowest BCUT2D eigenvalue weighted by Crippen LogP contribution is -2.23. The van der Waals surface area contributed by atoms with Gasteiger partial charge in [-0.3, -0.25) is 9.78 Å². The number of hydrogen-bond donors (Lipinski definition) is 3. The van der Waals surface area contributed by atoms with Crippen LogP contribution in [-0.2, 0) is 38.3 Å². The van der Waals surface area contributed by atoms with Crippen molar-refractivity contribution in [1.82, 2.24) is 19.5 Å². The molecule has 2 atom stereocenters. The predicted octanol–water partition coefficient (Wildman–Crippen LogP) is 2.80. The molecule has 0 spiro atoms. The van der Waals surface area contributed by atoms with Gasteiger partial charge in [-0.15, -0.1) is 0 Å². The van der Waals surface area contributed by atoms with E-state index in [0.717, 1.165) is 11.1 Å². The van der Waals surface area contributed by atoms with Gasteiger partial charge in [0.25, 0.3) is 5.56 Å². The molecule has 11 nitrogen and oxygen atoms in total. The van der Waals surface area contributed by atoms with E-state index in [4.69, 9.17) is 24.3 Å². The number of nitrogen functional groups attached to an aromatic ring is 1. The largest absolute Gasteiger partial charge is 0.394 e. The summed E-state index contributed by atoms with van der Waals surface area (Å²) in [6.07, 6.45) is 1.23. The second kappa shape index (κ2) is 13.9. The number of ether oxygens (including phenoxy) is 2. The number of aliphatic hydroxyl groups excluding tert-OH is 1. The summed E-state index contributed by atoms with van der Waals surface area (Å²) in [6.45, 7) is 1.43. The highest BCUT2D eigenvalue weighted by Gasteiger charge is 2.17. The summed E-state index contributed by atoms with van der Waals surface area (Å²) >= 11 is 0. The van der Waals surface area contributed by atoms with E-state index in [9.17, 15) is 9.90 Å². The molecule has 2 unspecified atom stereocenters. The fourth-order valence-corrected chi connectivity index (χ4v) is 4.50. The average Bonchev–Trinajstić information content (AvgIpc) is 3.33. The second-order valence-electron chi connectivity index (χ2n) is 8.09. The summed E-state index contributed by atoms with van der Waals surface area (Å²) in [7, 11) is -1.43. The van der Waals surface area contributed by atoms with Gasteiger partial charge in [0, 0.05) is 6.54 Å². The Morgan fingerprint density at radius 1 is 1.03 bits per heavy atom.